The Bertz CT molecular complexity index is 694. The van der Waals surface area contributed by atoms with E-state index in [0.29, 0.717) is 13.0 Å². The maximum Gasteiger partial charge on any atom is 0.271 e. The highest BCUT2D eigenvalue weighted by molar-refractivity contribution is 7.94. The van der Waals surface area contributed by atoms with Crippen LogP contribution in [0.5, 0.6) is 0 Å². The molecule has 20 heavy (non-hydrogen) atoms. The van der Waals surface area contributed by atoms with Crippen molar-refractivity contribution in [1.82, 2.24) is 0 Å². The molecule has 3 N–H and O–H groups in total. The normalized spacial score (nSPS) is 11.6. The van der Waals surface area contributed by atoms with Crippen LogP contribution in [-0.2, 0) is 16.4 Å². The first-order chi connectivity index (χ1) is 9.44. The number of hydrogen-bond acceptors (Lipinski definition) is 4. The van der Waals surface area contributed by atoms with Gasteiger partial charge in [-0.1, -0.05) is 29.3 Å². The minimum Gasteiger partial charge on any atom is -0.330 e. The van der Waals surface area contributed by atoms with Crippen LogP contribution in [0.3, 0.4) is 0 Å². The molecular weight excluding hydrogens is 339 g/mol. The monoisotopic (exact) mass is 350 g/mol. The third-order valence-electron chi connectivity index (χ3n) is 2.49. The molecule has 2 aromatic rings. The molecule has 0 spiro atoms. The first-order valence-corrected chi connectivity index (χ1v) is 8.75. The SMILES string of the molecule is NCCc1ccc(S(=O)(=O)Nc2c(Cl)cccc2Cl)s1. The standard InChI is InChI=1S/C12H12Cl2N2O2S2/c13-9-2-1-3-10(14)12(9)16-20(17,18)11-5-4-8(19-11)6-7-15/h1-5,16H,6-7,15H2. The molecule has 8 heteroatoms. The van der Waals surface area contributed by atoms with E-state index in [9.17, 15) is 8.42 Å². The number of nitrogens with two attached hydrogens (primary N) is 1. The number of rotatable bonds is 5. The molecule has 0 aliphatic rings. The lowest BCUT2D eigenvalue weighted by molar-refractivity contribution is 0.603. The van der Waals surface area contributed by atoms with Crippen LogP contribution in [0.15, 0.2) is 34.5 Å². The van der Waals surface area contributed by atoms with Crippen molar-refractivity contribution in [2.75, 3.05) is 11.3 Å². The number of nitrogens with one attached hydrogen (secondary N) is 1. The average Bonchev–Trinajstić information content (AvgIpc) is 2.84. The number of benzene rings is 1. The van der Waals surface area contributed by atoms with Gasteiger partial charge in [-0.25, -0.2) is 8.42 Å². The molecule has 108 valence electrons. The Morgan fingerprint density at radius 1 is 1.15 bits per heavy atom. The van der Waals surface area contributed by atoms with Gasteiger partial charge in [-0.2, -0.15) is 0 Å². The summed E-state index contributed by atoms with van der Waals surface area (Å²) in [5, 5.41) is 0.500. The van der Waals surface area contributed by atoms with E-state index in [2.05, 4.69) is 4.72 Å². The zero-order chi connectivity index (χ0) is 14.8. The first kappa shape index (κ1) is 15.6. The highest BCUT2D eigenvalue weighted by Gasteiger charge is 2.19. The van der Waals surface area contributed by atoms with Crippen molar-refractivity contribution in [3.63, 3.8) is 0 Å². The van der Waals surface area contributed by atoms with Crippen LogP contribution in [0.2, 0.25) is 10.0 Å². The van der Waals surface area contributed by atoms with Gasteiger partial charge in [0, 0.05) is 4.88 Å². The number of thiophene rings is 1. The Morgan fingerprint density at radius 2 is 1.80 bits per heavy atom. The fraction of sp³-hybridized carbons (Fsp3) is 0.167. The second-order valence-corrected chi connectivity index (χ2v) is 7.85. The van der Waals surface area contributed by atoms with Crippen molar-refractivity contribution in [3.05, 3.63) is 45.3 Å². The van der Waals surface area contributed by atoms with E-state index in [1.165, 1.54) is 11.3 Å². The summed E-state index contributed by atoms with van der Waals surface area (Å²) in [5.74, 6) is 0. The van der Waals surface area contributed by atoms with Crippen molar-refractivity contribution in [3.8, 4) is 0 Å². The van der Waals surface area contributed by atoms with Crippen LogP contribution in [0.4, 0.5) is 5.69 Å². The van der Waals surface area contributed by atoms with Crippen LogP contribution in [0, 0.1) is 0 Å². The maximum absolute atomic E-state index is 12.3. The molecule has 0 aliphatic heterocycles. The molecular formula is C12H12Cl2N2O2S2. The highest BCUT2D eigenvalue weighted by Crippen LogP contribution is 2.33. The van der Waals surface area contributed by atoms with Gasteiger partial charge in [0.15, 0.2) is 0 Å². The number of halogens is 2. The molecule has 2 rings (SSSR count). The number of anilines is 1. The van der Waals surface area contributed by atoms with Crippen LogP contribution in [-0.4, -0.2) is 15.0 Å². The molecule has 1 aromatic heterocycles. The molecule has 0 atom stereocenters. The minimum atomic E-state index is -3.70. The molecule has 0 fully saturated rings. The Labute approximate surface area is 131 Å². The largest absolute Gasteiger partial charge is 0.330 e. The maximum atomic E-state index is 12.3. The van der Waals surface area contributed by atoms with Crippen molar-refractivity contribution in [1.29, 1.82) is 0 Å². The lowest BCUT2D eigenvalue weighted by Gasteiger charge is -2.09. The van der Waals surface area contributed by atoms with Gasteiger partial charge in [-0.15, -0.1) is 11.3 Å². The molecule has 1 heterocycles. The number of sulfonamides is 1. The summed E-state index contributed by atoms with van der Waals surface area (Å²) in [4.78, 5) is 0.915. The summed E-state index contributed by atoms with van der Waals surface area (Å²) in [6.45, 7) is 0.476. The average molecular weight is 351 g/mol. The summed E-state index contributed by atoms with van der Waals surface area (Å²) in [5.41, 5.74) is 5.63. The van der Waals surface area contributed by atoms with Gasteiger partial charge in [0.25, 0.3) is 10.0 Å². The fourth-order valence-electron chi connectivity index (χ4n) is 1.56. The second-order valence-electron chi connectivity index (χ2n) is 3.96. The van der Waals surface area contributed by atoms with Crippen molar-refractivity contribution < 1.29 is 8.42 Å². The first-order valence-electron chi connectivity index (χ1n) is 5.69. The third-order valence-corrected chi connectivity index (χ3v) is 6.11. The van der Waals surface area contributed by atoms with Crippen LogP contribution >= 0.6 is 34.5 Å². The molecule has 0 saturated heterocycles. The molecule has 0 saturated carbocycles. The number of para-hydroxylation sites is 1. The predicted octanol–water partition coefficient (Wildman–Crippen LogP) is 3.36. The van der Waals surface area contributed by atoms with E-state index >= 15 is 0 Å². The van der Waals surface area contributed by atoms with E-state index in [4.69, 9.17) is 28.9 Å². The van der Waals surface area contributed by atoms with Gasteiger partial charge >= 0.3 is 0 Å². The molecule has 0 bridgehead atoms. The molecule has 0 radical (unpaired) electrons. The van der Waals surface area contributed by atoms with Gasteiger partial charge in [0.2, 0.25) is 0 Å². The zero-order valence-corrected chi connectivity index (χ0v) is 13.4. The summed E-state index contributed by atoms with van der Waals surface area (Å²) in [6.07, 6.45) is 0.646. The van der Waals surface area contributed by atoms with Gasteiger partial charge in [0.1, 0.15) is 4.21 Å². The quantitative estimate of drug-likeness (QED) is 0.868. The predicted molar refractivity (Wildman–Crippen MR) is 84.3 cm³/mol. The van der Waals surface area contributed by atoms with Crippen LogP contribution in [0.1, 0.15) is 4.88 Å². The highest BCUT2D eigenvalue weighted by atomic mass is 35.5. The second kappa shape index (κ2) is 6.32. The molecule has 4 nitrogen and oxygen atoms in total. The Hall–Kier alpha value is -0.790. The van der Waals surface area contributed by atoms with E-state index in [1.54, 1.807) is 30.3 Å². The van der Waals surface area contributed by atoms with E-state index in [0.717, 1.165) is 4.88 Å². The Kier molecular flexibility index (Phi) is 4.93. The molecule has 1 aromatic carbocycles. The number of hydrogen-bond donors (Lipinski definition) is 2. The van der Waals surface area contributed by atoms with E-state index < -0.39 is 10.0 Å². The van der Waals surface area contributed by atoms with Crippen LogP contribution in [0.25, 0.3) is 0 Å². The zero-order valence-electron chi connectivity index (χ0n) is 10.3. The van der Waals surface area contributed by atoms with Crippen molar-refractivity contribution >= 4 is 50.2 Å². The summed E-state index contributed by atoms with van der Waals surface area (Å²) < 4.78 is 27.2. The summed E-state index contributed by atoms with van der Waals surface area (Å²) >= 11 is 13.1. The Balaban J connectivity index is 2.31. The fourth-order valence-corrected chi connectivity index (χ4v) is 4.64. The molecule has 0 unspecified atom stereocenters. The van der Waals surface area contributed by atoms with Crippen molar-refractivity contribution in [2.24, 2.45) is 5.73 Å². The minimum absolute atomic E-state index is 0.185. The van der Waals surface area contributed by atoms with Gasteiger partial charge in [-0.05, 0) is 37.2 Å². The third kappa shape index (κ3) is 3.45. The van der Waals surface area contributed by atoms with E-state index in [-0.39, 0.29) is 19.9 Å². The van der Waals surface area contributed by atoms with Crippen molar-refractivity contribution in [2.45, 2.75) is 10.6 Å². The topological polar surface area (TPSA) is 72.2 Å². The lowest BCUT2D eigenvalue weighted by Crippen LogP contribution is -2.12. The summed E-state index contributed by atoms with van der Waals surface area (Å²) in [7, 11) is -3.70. The van der Waals surface area contributed by atoms with Gasteiger partial charge in [-0.3, -0.25) is 4.72 Å². The Morgan fingerprint density at radius 3 is 2.40 bits per heavy atom. The van der Waals surface area contributed by atoms with E-state index in [1.807, 2.05) is 0 Å². The van der Waals surface area contributed by atoms with Gasteiger partial charge in [0.05, 0.1) is 15.7 Å². The van der Waals surface area contributed by atoms with Gasteiger partial charge < -0.3 is 5.73 Å². The smallest absolute Gasteiger partial charge is 0.271 e. The van der Waals surface area contributed by atoms with Crippen LogP contribution < -0.4 is 10.5 Å². The summed E-state index contributed by atoms with van der Waals surface area (Å²) in [6, 6.07) is 8.08. The molecule has 0 amide bonds. The lowest BCUT2D eigenvalue weighted by atomic mass is 10.3. The molecule has 0 aliphatic carbocycles.